The molecule has 0 radical (unpaired) electrons. The first-order chi connectivity index (χ1) is 12.1. The number of furan rings is 1. The molecule has 0 aliphatic rings. The summed E-state index contributed by atoms with van der Waals surface area (Å²) >= 11 is 5.29. The minimum absolute atomic E-state index is 0.237. The van der Waals surface area contributed by atoms with Gasteiger partial charge in [0.25, 0.3) is 5.91 Å². The van der Waals surface area contributed by atoms with E-state index in [1.165, 1.54) is 5.56 Å². The predicted molar refractivity (Wildman–Crippen MR) is 105 cm³/mol. The number of thiocarbonyl (C=S) groups is 1. The summed E-state index contributed by atoms with van der Waals surface area (Å²) in [5.74, 6) is 0.271. The zero-order valence-electron chi connectivity index (χ0n) is 14.2. The number of hydrogen-bond acceptors (Lipinski definition) is 3. The largest absolute Gasteiger partial charge is 0.451 e. The van der Waals surface area contributed by atoms with Gasteiger partial charge < -0.3 is 9.73 Å². The summed E-state index contributed by atoms with van der Waals surface area (Å²) in [6, 6.07) is 17.2. The van der Waals surface area contributed by atoms with Crippen molar-refractivity contribution in [2.24, 2.45) is 0 Å². The zero-order chi connectivity index (χ0) is 17.8. The van der Waals surface area contributed by atoms with Crippen molar-refractivity contribution < 1.29 is 9.21 Å². The third-order valence-electron chi connectivity index (χ3n) is 4.23. The van der Waals surface area contributed by atoms with Crippen molar-refractivity contribution >= 4 is 39.9 Å². The van der Waals surface area contributed by atoms with E-state index < -0.39 is 0 Å². The van der Waals surface area contributed by atoms with Gasteiger partial charge in [-0.15, -0.1) is 0 Å². The SMILES string of the molecule is CCC(C)c1ccccc1NC(=S)NC(=O)c1cc2ccccc2o1. The molecule has 0 bridgehead atoms. The molecule has 1 aromatic heterocycles. The second-order valence-corrected chi connectivity index (χ2v) is 6.36. The maximum absolute atomic E-state index is 12.4. The quantitative estimate of drug-likeness (QED) is 0.644. The van der Waals surface area contributed by atoms with E-state index in [9.17, 15) is 4.79 Å². The molecule has 5 heteroatoms. The molecule has 1 heterocycles. The average molecular weight is 352 g/mol. The van der Waals surface area contributed by atoms with Crippen LogP contribution in [0.15, 0.2) is 59.0 Å². The Labute approximate surface area is 152 Å². The first-order valence-electron chi connectivity index (χ1n) is 8.28. The van der Waals surface area contributed by atoms with Crippen molar-refractivity contribution in [3.63, 3.8) is 0 Å². The molecule has 0 spiro atoms. The predicted octanol–water partition coefficient (Wildman–Crippen LogP) is 5.07. The molecule has 2 aromatic carbocycles. The summed E-state index contributed by atoms with van der Waals surface area (Å²) in [5.41, 5.74) is 2.76. The number of hydrogen-bond donors (Lipinski definition) is 2. The molecule has 1 amide bonds. The highest BCUT2D eigenvalue weighted by molar-refractivity contribution is 7.80. The maximum atomic E-state index is 12.4. The first kappa shape index (κ1) is 17.2. The standard InChI is InChI=1S/C20H20N2O2S/c1-3-13(2)15-9-5-6-10-16(15)21-20(25)22-19(23)18-12-14-8-4-7-11-17(14)24-18/h4-13H,3H2,1-2H3,(H2,21,22,23,25). The Balaban J connectivity index is 1.71. The smallest absolute Gasteiger partial charge is 0.293 e. The van der Waals surface area contributed by atoms with Gasteiger partial charge in [0.2, 0.25) is 0 Å². The molecule has 4 nitrogen and oxygen atoms in total. The van der Waals surface area contributed by atoms with Gasteiger partial charge in [-0.05, 0) is 48.3 Å². The van der Waals surface area contributed by atoms with E-state index in [-0.39, 0.29) is 16.8 Å². The van der Waals surface area contributed by atoms with Crippen LogP contribution in [0.1, 0.15) is 42.3 Å². The molecule has 0 saturated carbocycles. The van der Waals surface area contributed by atoms with E-state index in [1.54, 1.807) is 6.07 Å². The highest BCUT2D eigenvalue weighted by Gasteiger charge is 2.15. The number of nitrogens with one attached hydrogen (secondary N) is 2. The van der Waals surface area contributed by atoms with Crippen LogP contribution in [0.2, 0.25) is 0 Å². The Morgan fingerprint density at radius 3 is 2.64 bits per heavy atom. The molecular formula is C20H20N2O2S. The number of fused-ring (bicyclic) bond motifs is 1. The van der Waals surface area contributed by atoms with Gasteiger partial charge in [-0.2, -0.15) is 0 Å². The summed E-state index contributed by atoms with van der Waals surface area (Å²) in [4.78, 5) is 12.4. The maximum Gasteiger partial charge on any atom is 0.293 e. The van der Waals surface area contributed by atoms with E-state index in [1.807, 2.05) is 42.5 Å². The highest BCUT2D eigenvalue weighted by atomic mass is 32.1. The van der Waals surface area contributed by atoms with Crippen LogP contribution >= 0.6 is 12.2 Å². The second-order valence-electron chi connectivity index (χ2n) is 5.95. The molecule has 2 N–H and O–H groups in total. The van der Waals surface area contributed by atoms with Crippen molar-refractivity contribution in [2.45, 2.75) is 26.2 Å². The molecule has 128 valence electrons. The van der Waals surface area contributed by atoms with Crippen LogP contribution in [0.5, 0.6) is 0 Å². The van der Waals surface area contributed by atoms with Gasteiger partial charge >= 0.3 is 0 Å². The highest BCUT2D eigenvalue weighted by Crippen LogP contribution is 2.26. The van der Waals surface area contributed by atoms with E-state index >= 15 is 0 Å². The fraction of sp³-hybridized carbons (Fsp3) is 0.200. The Kier molecular flexibility index (Phi) is 5.14. The number of carbonyl (C=O) groups excluding carboxylic acids is 1. The Hall–Kier alpha value is -2.66. The van der Waals surface area contributed by atoms with Crippen LogP contribution in [0.4, 0.5) is 5.69 Å². The molecule has 3 rings (SSSR count). The molecule has 0 saturated heterocycles. The van der Waals surface area contributed by atoms with Gasteiger partial charge in [-0.1, -0.05) is 50.2 Å². The summed E-state index contributed by atoms with van der Waals surface area (Å²) in [5, 5.41) is 6.93. The van der Waals surface area contributed by atoms with Crippen molar-refractivity contribution in [3.8, 4) is 0 Å². The molecule has 25 heavy (non-hydrogen) atoms. The van der Waals surface area contributed by atoms with E-state index in [0.29, 0.717) is 11.5 Å². The monoisotopic (exact) mass is 352 g/mol. The van der Waals surface area contributed by atoms with E-state index in [2.05, 4.69) is 30.5 Å². The van der Waals surface area contributed by atoms with Gasteiger partial charge in [-0.3, -0.25) is 10.1 Å². The van der Waals surface area contributed by atoms with Crippen molar-refractivity contribution in [2.75, 3.05) is 5.32 Å². The van der Waals surface area contributed by atoms with Crippen molar-refractivity contribution in [1.29, 1.82) is 0 Å². The minimum atomic E-state index is -0.366. The van der Waals surface area contributed by atoms with Crippen LogP contribution in [-0.4, -0.2) is 11.0 Å². The number of amides is 1. The number of para-hydroxylation sites is 2. The summed E-state index contributed by atoms with van der Waals surface area (Å²) in [6.45, 7) is 4.31. The second kappa shape index (κ2) is 7.49. The number of benzene rings is 2. The van der Waals surface area contributed by atoms with Gasteiger partial charge in [-0.25, -0.2) is 0 Å². The first-order valence-corrected chi connectivity index (χ1v) is 8.69. The Morgan fingerprint density at radius 2 is 1.88 bits per heavy atom. The van der Waals surface area contributed by atoms with Crippen LogP contribution in [0.3, 0.4) is 0 Å². The fourth-order valence-corrected chi connectivity index (χ4v) is 2.88. The molecule has 1 unspecified atom stereocenters. The molecule has 0 aliphatic carbocycles. The number of anilines is 1. The molecule has 0 fully saturated rings. The lowest BCUT2D eigenvalue weighted by Crippen LogP contribution is -2.34. The van der Waals surface area contributed by atoms with Crippen molar-refractivity contribution in [1.82, 2.24) is 5.32 Å². The van der Waals surface area contributed by atoms with Crippen LogP contribution in [0.25, 0.3) is 11.0 Å². The lowest BCUT2D eigenvalue weighted by Gasteiger charge is -2.16. The van der Waals surface area contributed by atoms with Gasteiger partial charge in [0.05, 0.1) is 0 Å². The number of carbonyl (C=O) groups is 1. The molecular weight excluding hydrogens is 332 g/mol. The van der Waals surface area contributed by atoms with Crippen LogP contribution < -0.4 is 10.6 Å². The van der Waals surface area contributed by atoms with Gasteiger partial charge in [0, 0.05) is 11.1 Å². The van der Waals surface area contributed by atoms with Gasteiger partial charge in [0.1, 0.15) is 5.58 Å². The van der Waals surface area contributed by atoms with Gasteiger partial charge in [0.15, 0.2) is 10.9 Å². The molecule has 0 aliphatic heterocycles. The Bertz CT molecular complexity index is 884. The van der Waals surface area contributed by atoms with Crippen molar-refractivity contribution in [3.05, 3.63) is 65.9 Å². The summed E-state index contributed by atoms with van der Waals surface area (Å²) in [7, 11) is 0. The minimum Gasteiger partial charge on any atom is -0.451 e. The van der Waals surface area contributed by atoms with Crippen LogP contribution in [-0.2, 0) is 0 Å². The topological polar surface area (TPSA) is 54.3 Å². The number of rotatable bonds is 4. The summed E-state index contributed by atoms with van der Waals surface area (Å²) < 4.78 is 5.56. The fourth-order valence-electron chi connectivity index (χ4n) is 2.67. The molecule has 1 atom stereocenters. The molecule has 3 aromatic rings. The average Bonchev–Trinajstić information content (AvgIpc) is 3.06. The van der Waals surface area contributed by atoms with E-state index in [4.69, 9.17) is 16.6 Å². The normalized spacial score (nSPS) is 11.9. The third kappa shape index (κ3) is 3.88. The third-order valence-corrected chi connectivity index (χ3v) is 4.43. The van der Waals surface area contributed by atoms with Crippen LogP contribution in [0, 0.1) is 0 Å². The van der Waals surface area contributed by atoms with E-state index in [0.717, 1.165) is 17.5 Å². The Morgan fingerprint density at radius 1 is 1.16 bits per heavy atom. The lowest BCUT2D eigenvalue weighted by atomic mass is 9.97. The lowest BCUT2D eigenvalue weighted by molar-refractivity contribution is 0.0953. The summed E-state index contributed by atoms with van der Waals surface area (Å²) in [6.07, 6.45) is 1.02. The zero-order valence-corrected chi connectivity index (χ0v) is 15.0.